The molecule has 2 aromatic rings. The van der Waals surface area contributed by atoms with Crippen molar-refractivity contribution >= 4 is 21.8 Å². The van der Waals surface area contributed by atoms with Gasteiger partial charge in [0, 0.05) is 62.3 Å². The van der Waals surface area contributed by atoms with E-state index in [0.29, 0.717) is 30.8 Å². The van der Waals surface area contributed by atoms with Crippen LogP contribution >= 0.6 is 15.9 Å². The minimum absolute atomic E-state index is 0.0316. The summed E-state index contributed by atoms with van der Waals surface area (Å²) in [5, 5.41) is 9.38. The molecule has 4 rings (SSSR count). The molecule has 2 aliphatic rings. The molecule has 0 unspecified atom stereocenters. The molecule has 2 fully saturated rings. The molecule has 1 amide bonds. The van der Waals surface area contributed by atoms with Gasteiger partial charge in [-0.1, -0.05) is 24.3 Å². The number of aliphatic hydroxyl groups is 1. The van der Waals surface area contributed by atoms with Gasteiger partial charge in [-0.25, -0.2) is 4.39 Å². The molecule has 0 saturated carbocycles. The first-order valence-corrected chi connectivity index (χ1v) is 13.2. The molecule has 0 spiro atoms. The maximum atomic E-state index is 13.6. The fourth-order valence-electron chi connectivity index (χ4n) is 5.17. The van der Waals surface area contributed by atoms with Crippen LogP contribution in [-0.2, 0) is 4.74 Å². The average Bonchev–Trinajstić information content (AvgIpc) is 2.83. The molecule has 0 aromatic heterocycles. The lowest BCUT2D eigenvalue weighted by atomic mass is 9.93. The van der Waals surface area contributed by atoms with Crippen molar-refractivity contribution in [2.75, 3.05) is 59.6 Å². The Morgan fingerprint density at radius 1 is 1.23 bits per heavy atom. The van der Waals surface area contributed by atoms with Crippen molar-refractivity contribution in [3.63, 3.8) is 0 Å². The van der Waals surface area contributed by atoms with Gasteiger partial charge in [0.25, 0.3) is 5.91 Å². The van der Waals surface area contributed by atoms with Gasteiger partial charge in [0.1, 0.15) is 5.82 Å². The zero-order chi connectivity index (χ0) is 24.8. The van der Waals surface area contributed by atoms with Crippen LogP contribution in [0, 0.1) is 5.82 Å². The van der Waals surface area contributed by atoms with E-state index in [-0.39, 0.29) is 24.2 Å². The predicted octanol–water partition coefficient (Wildman–Crippen LogP) is 3.60. The number of hydrogen-bond donors (Lipinski definition) is 1. The van der Waals surface area contributed by atoms with Crippen molar-refractivity contribution < 1.29 is 19.0 Å². The van der Waals surface area contributed by atoms with E-state index in [2.05, 4.69) is 25.7 Å². The topological polar surface area (TPSA) is 56.3 Å². The highest BCUT2D eigenvalue weighted by Crippen LogP contribution is 2.27. The van der Waals surface area contributed by atoms with Crippen LogP contribution in [0.5, 0.6) is 0 Å². The fraction of sp³-hybridized carbons (Fsp3) is 0.519. The van der Waals surface area contributed by atoms with Gasteiger partial charge in [0.05, 0.1) is 18.8 Å². The van der Waals surface area contributed by atoms with Crippen LogP contribution in [-0.4, -0.2) is 97.4 Å². The van der Waals surface area contributed by atoms with Crippen molar-refractivity contribution in [1.82, 2.24) is 14.7 Å². The lowest BCUT2D eigenvalue weighted by Gasteiger charge is -2.50. The maximum absolute atomic E-state index is 13.6. The first-order valence-electron chi connectivity index (χ1n) is 12.4. The number of halogens is 2. The predicted molar refractivity (Wildman–Crippen MR) is 138 cm³/mol. The number of hydrogen-bond acceptors (Lipinski definition) is 5. The van der Waals surface area contributed by atoms with Crippen LogP contribution in [0.4, 0.5) is 4.39 Å². The molecule has 190 valence electrons. The van der Waals surface area contributed by atoms with Crippen molar-refractivity contribution in [3.8, 4) is 0 Å². The van der Waals surface area contributed by atoms with Crippen LogP contribution in [0.15, 0.2) is 53.0 Å². The summed E-state index contributed by atoms with van der Waals surface area (Å²) in [4.78, 5) is 19.8. The normalized spacial score (nSPS) is 20.4. The summed E-state index contributed by atoms with van der Waals surface area (Å²) in [5.74, 6) is -0.175. The minimum atomic E-state index is -0.251. The second-order valence-corrected chi connectivity index (χ2v) is 10.4. The third-order valence-electron chi connectivity index (χ3n) is 7.22. The van der Waals surface area contributed by atoms with E-state index in [1.54, 1.807) is 4.90 Å². The van der Waals surface area contributed by atoms with E-state index in [1.807, 2.05) is 43.4 Å². The highest BCUT2D eigenvalue weighted by Gasteiger charge is 2.36. The van der Waals surface area contributed by atoms with E-state index in [1.165, 1.54) is 12.1 Å². The number of amides is 1. The Labute approximate surface area is 215 Å². The monoisotopic (exact) mass is 547 g/mol. The van der Waals surface area contributed by atoms with E-state index in [9.17, 15) is 14.3 Å². The zero-order valence-corrected chi connectivity index (χ0v) is 21.9. The Bertz CT molecular complexity index is 968. The number of nitrogens with zero attached hydrogens (tertiary/aromatic N) is 3. The van der Waals surface area contributed by atoms with Gasteiger partial charge >= 0.3 is 0 Å². The zero-order valence-electron chi connectivity index (χ0n) is 20.3. The molecule has 2 heterocycles. The van der Waals surface area contributed by atoms with E-state index < -0.39 is 0 Å². The molecule has 6 nitrogen and oxygen atoms in total. The van der Waals surface area contributed by atoms with Crippen LogP contribution in [0.2, 0.25) is 0 Å². The largest absolute Gasteiger partial charge is 0.396 e. The fourth-order valence-corrected chi connectivity index (χ4v) is 5.63. The highest BCUT2D eigenvalue weighted by molar-refractivity contribution is 9.10. The molecule has 2 aliphatic heterocycles. The van der Waals surface area contributed by atoms with Crippen LogP contribution in [0.3, 0.4) is 0 Å². The summed E-state index contributed by atoms with van der Waals surface area (Å²) >= 11 is 3.48. The van der Waals surface area contributed by atoms with Gasteiger partial charge in [-0.2, -0.15) is 0 Å². The second kappa shape index (κ2) is 12.4. The molecule has 35 heavy (non-hydrogen) atoms. The molecule has 2 atom stereocenters. The molecule has 1 N–H and O–H groups in total. The summed E-state index contributed by atoms with van der Waals surface area (Å²) in [6.07, 6.45) is 1.64. The van der Waals surface area contributed by atoms with Gasteiger partial charge in [-0.05, 0) is 65.1 Å². The Morgan fingerprint density at radius 2 is 1.97 bits per heavy atom. The quantitative estimate of drug-likeness (QED) is 0.492. The van der Waals surface area contributed by atoms with Crippen molar-refractivity contribution in [3.05, 3.63) is 69.9 Å². The molecule has 2 aromatic carbocycles. The van der Waals surface area contributed by atoms with Crippen molar-refractivity contribution in [2.24, 2.45) is 0 Å². The van der Waals surface area contributed by atoms with E-state index in [4.69, 9.17) is 4.74 Å². The number of aliphatic hydroxyl groups excluding tert-OH is 1. The Kier molecular flexibility index (Phi) is 9.30. The highest BCUT2D eigenvalue weighted by atomic mass is 79.9. The maximum Gasteiger partial charge on any atom is 0.254 e. The minimum Gasteiger partial charge on any atom is -0.396 e. The SMILES string of the molecule is CN(C[C@@H](CCN1CC(N2CCOC[C@H]2CCO)C1)c1ccc(F)cc1)C(=O)c1ccccc1Br. The third-order valence-corrected chi connectivity index (χ3v) is 7.91. The summed E-state index contributed by atoms with van der Waals surface area (Å²) in [6.45, 7) is 6.04. The van der Waals surface area contributed by atoms with Crippen molar-refractivity contribution in [1.29, 1.82) is 0 Å². The molecular weight excluding hydrogens is 513 g/mol. The summed E-state index contributed by atoms with van der Waals surface area (Å²) in [7, 11) is 1.83. The van der Waals surface area contributed by atoms with E-state index >= 15 is 0 Å². The molecule has 0 radical (unpaired) electrons. The number of ether oxygens (including phenoxy) is 1. The smallest absolute Gasteiger partial charge is 0.254 e. The molecule has 8 heteroatoms. The van der Waals surface area contributed by atoms with E-state index in [0.717, 1.165) is 55.7 Å². The summed E-state index contributed by atoms with van der Waals surface area (Å²) in [5.41, 5.74) is 1.69. The first kappa shape index (κ1) is 26.2. The number of rotatable bonds is 10. The van der Waals surface area contributed by atoms with Crippen LogP contribution in [0.1, 0.15) is 34.7 Å². The van der Waals surface area contributed by atoms with Gasteiger partial charge < -0.3 is 19.6 Å². The number of benzene rings is 2. The van der Waals surface area contributed by atoms with Gasteiger partial charge in [0.2, 0.25) is 0 Å². The molecule has 0 bridgehead atoms. The van der Waals surface area contributed by atoms with Crippen LogP contribution in [0.25, 0.3) is 0 Å². The Balaban J connectivity index is 1.36. The standard InChI is InChI=1S/C27H35BrFN3O3/c1-30(27(34)25-4-2-3-5-26(25)28)16-21(20-6-8-22(29)9-7-20)10-12-31-17-24(18-31)32-13-15-35-19-23(32)11-14-33/h2-9,21,23-24,33H,10-19H2,1H3/t21-,23-/m1/s1. The third kappa shape index (κ3) is 6.68. The van der Waals surface area contributed by atoms with Crippen molar-refractivity contribution in [2.45, 2.75) is 30.8 Å². The first-order chi connectivity index (χ1) is 17.0. The Hall–Kier alpha value is -1.84. The van der Waals surface area contributed by atoms with Crippen LogP contribution < -0.4 is 0 Å². The summed E-state index contributed by atoms with van der Waals surface area (Å²) < 4.78 is 20.0. The average molecular weight is 548 g/mol. The molecular formula is C27H35BrFN3O3. The number of carbonyl (C=O) groups excluding carboxylic acids is 1. The lowest BCUT2D eigenvalue weighted by Crippen LogP contribution is -2.64. The number of likely N-dealkylation sites (tertiary alicyclic amines) is 1. The molecule has 0 aliphatic carbocycles. The second-order valence-electron chi connectivity index (χ2n) is 9.59. The molecule has 2 saturated heterocycles. The lowest BCUT2D eigenvalue weighted by molar-refractivity contribution is -0.0737. The number of likely N-dealkylation sites (N-methyl/N-ethyl adjacent to an activating group) is 1. The number of morpholine rings is 1. The van der Waals surface area contributed by atoms with Gasteiger partial charge in [0.15, 0.2) is 0 Å². The van der Waals surface area contributed by atoms with Gasteiger partial charge in [-0.3, -0.25) is 9.69 Å². The number of carbonyl (C=O) groups is 1. The Morgan fingerprint density at radius 3 is 2.69 bits per heavy atom. The summed E-state index contributed by atoms with van der Waals surface area (Å²) in [6, 6.07) is 14.9. The van der Waals surface area contributed by atoms with Gasteiger partial charge in [-0.15, -0.1) is 0 Å².